The van der Waals surface area contributed by atoms with E-state index in [2.05, 4.69) is 22.3 Å². The number of hydrogen-bond donors (Lipinski definition) is 3. The summed E-state index contributed by atoms with van der Waals surface area (Å²) in [6.07, 6.45) is 5.25. The van der Waals surface area contributed by atoms with Crippen LogP contribution in [0, 0.1) is 0 Å². The van der Waals surface area contributed by atoms with Crippen LogP contribution in [0.4, 0.5) is 4.79 Å². The van der Waals surface area contributed by atoms with Gasteiger partial charge in [-0.05, 0) is 13.3 Å². The van der Waals surface area contributed by atoms with Crippen molar-refractivity contribution < 1.29 is 14.7 Å². The fraction of sp³-hybridized carbons (Fsp3) is 0.417. The zero-order chi connectivity index (χ0) is 14.4. The number of urea groups is 1. The number of aromatic nitrogens is 2. The van der Waals surface area contributed by atoms with Gasteiger partial charge in [-0.3, -0.25) is 4.68 Å². The maximum Gasteiger partial charge on any atom is 0.331 e. The van der Waals surface area contributed by atoms with Crippen LogP contribution in [0.25, 0.3) is 0 Å². The molecule has 1 rings (SSSR count). The minimum atomic E-state index is -1.14. The summed E-state index contributed by atoms with van der Waals surface area (Å²) in [5.41, 5.74) is 0.418. The summed E-state index contributed by atoms with van der Waals surface area (Å²) in [5, 5.41) is 18.0. The minimum absolute atomic E-state index is 0.110. The molecular formula is C12H18N4O3. The van der Waals surface area contributed by atoms with Crippen molar-refractivity contribution >= 4 is 12.0 Å². The number of hydrogen-bond acceptors (Lipinski definition) is 3. The molecule has 2 amide bonds. The quantitative estimate of drug-likeness (QED) is 0.664. The number of carboxylic acids is 1. The van der Waals surface area contributed by atoms with Crippen molar-refractivity contribution in [3.05, 3.63) is 30.6 Å². The Kier molecular flexibility index (Phi) is 5.11. The Labute approximate surface area is 111 Å². The average molecular weight is 266 g/mol. The highest BCUT2D eigenvalue weighted by atomic mass is 16.4. The number of rotatable bonds is 6. The van der Waals surface area contributed by atoms with Gasteiger partial charge in [0.25, 0.3) is 0 Å². The molecule has 2 unspecified atom stereocenters. The largest absolute Gasteiger partial charge is 0.479 e. The molecule has 2 atom stereocenters. The van der Waals surface area contributed by atoms with Gasteiger partial charge < -0.3 is 15.7 Å². The molecule has 104 valence electrons. The monoisotopic (exact) mass is 266 g/mol. The van der Waals surface area contributed by atoms with Crippen molar-refractivity contribution in [3.8, 4) is 0 Å². The lowest BCUT2D eigenvalue weighted by Gasteiger charge is -2.16. The number of amides is 2. The molecule has 1 aromatic heterocycles. The summed E-state index contributed by atoms with van der Waals surface area (Å²) in [4.78, 5) is 22.8. The van der Waals surface area contributed by atoms with E-state index in [0.717, 1.165) is 0 Å². The summed E-state index contributed by atoms with van der Waals surface area (Å²) in [6, 6.07) is -1.77. The van der Waals surface area contributed by atoms with Gasteiger partial charge in [-0.15, -0.1) is 6.58 Å². The molecule has 0 spiro atoms. The van der Waals surface area contributed by atoms with Crippen molar-refractivity contribution in [3.63, 3.8) is 0 Å². The summed E-state index contributed by atoms with van der Waals surface area (Å²) in [7, 11) is 1.68. The molecule has 1 aromatic rings. The van der Waals surface area contributed by atoms with Crippen LogP contribution in [-0.2, 0) is 11.8 Å². The number of aryl methyl sites for hydroxylation is 1. The number of carboxylic acid groups (broad SMARTS) is 1. The zero-order valence-electron chi connectivity index (χ0n) is 11.0. The highest BCUT2D eigenvalue weighted by Gasteiger charge is 2.23. The van der Waals surface area contributed by atoms with E-state index in [0.29, 0.717) is 12.0 Å². The number of aliphatic carboxylic acids is 1. The van der Waals surface area contributed by atoms with Crippen LogP contribution >= 0.6 is 0 Å². The van der Waals surface area contributed by atoms with E-state index < -0.39 is 18.0 Å². The number of carbonyl (C=O) groups is 2. The Balaban J connectivity index is 2.67. The van der Waals surface area contributed by atoms with E-state index in [-0.39, 0.29) is 6.04 Å². The van der Waals surface area contributed by atoms with Gasteiger partial charge in [-0.25, -0.2) is 9.59 Å². The third kappa shape index (κ3) is 4.46. The molecule has 0 radical (unpaired) electrons. The summed E-state index contributed by atoms with van der Waals surface area (Å²) in [5.74, 6) is -1.14. The smallest absolute Gasteiger partial charge is 0.331 e. The summed E-state index contributed by atoms with van der Waals surface area (Å²) in [6.45, 7) is 5.38. The van der Waals surface area contributed by atoms with Gasteiger partial charge in [0, 0.05) is 24.8 Å². The lowest BCUT2D eigenvalue weighted by molar-refractivity contribution is -0.139. The highest BCUT2D eigenvalue weighted by Crippen LogP contribution is 2.11. The Morgan fingerprint density at radius 1 is 1.58 bits per heavy atom. The minimum Gasteiger partial charge on any atom is -0.479 e. The molecule has 19 heavy (non-hydrogen) atoms. The van der Waals surface area contributed by atoms with Crippen LogP contribution in [0.1, 0.15) is 24.9 Å². The number of nitrogens with one attached hydrogen (secondary N) is 2. The second-order valence-corrected chi connectivity index (χ2v) is 4.26. The fourth-order valence-corrected chi connectivity index (χ4v) is 1.58. The summed E-state index contributed by atoms with van der Waals surface area (Å²) >= 11 is 0. The Bertz CT molecular complexity index is 469. The Morgan fingerprint density at radius 3 is 2.74 bits per heavy atom. The van der Waals surface area contributed by atoms with Crippen molar-refractivity contribution in [2.75, 3.05) is 0 Å². The first-order valence-electron chi connectivity index (χ1n) is 5.83. The Morgan fingerprint density at radius 2 is 2.26 bits per heavy atom. The van der Waals surface area contributed by atoms with Crippen molar-refractivity contribution in [2.45, 2.75) is 25.4 Å². The van der Waals surface area contributed by atoms with E-state index >= 15 is 0 Å². The van der Waals surface area contributed by atoms with Crippen molar-refractivity contribution in [2.24, 2.45) is 7.05 Å². The molecule has 3 N–H and O–H groups in total. The normalized spacial score (nSPS) is 13.4. The first-order chi connectivity index (χ1) is 8.93. The van der Waals surface area contributed by atoms with E-state index in [9.17, 15) is 9.59 Å². The van der Waals surface area contributed by atoms with Gasteiger partial charge in [0.1, 0.15) is 0 Å². The molecule has 0 saturated carbocycles. The van der Waals surface area contributed by atoms with Gasteiger partial charge in [0.05, 0.1) is 6.20 Å². The fourth-order valence-electron chi connectivity index (χ4n) is 1.58. The van der Waals surface area contributed by atoms with Crippen LogP contribution in [0.15, 0.2) is 25.0 Å². The van der Waals surface area contributed by atoms with Crippen LogP contribution in [0.2, 0.25) is 0 Å². The lowest BCUT2D eigenvalue weighted by Crippen LogP contribution is -2.44. The standard InChI is InChI=1S/C12H18N4O3/c1-4-5-8(2)14-12(19)15-10(11(17)18)9-6-13-16(3)7-9/h4,6-8,10H,1,5H2,2-3H3,(H,17,18)(H2,14,15,19). The molecule has 0 aliphatic carbocycles. The summed E-state index contributed by atoms with van der Waals surface area (Å²) < 4.78 is 1.48. The van der Waals surface area contributed by atoms with Gasteiger partial charge in [-0.1, -0.05) is 6.08 Å². The average Bonchev–Trinajstić information content (AvgIpc) is 2.72. The molecule has 0 aliphatic rings. The predicted molar refractivity (Wildman–Crippen MR) is 69.5 cm³/mol. The van der Waals surface area contributed by atoms with Gasteiger partial charge in [0.2, 0.25) is 0 Å². The molecular weight excluding hydrogens is 248 g/mol. The van der Waals surface area contributed by atoms with Gasteiger partial charge >= 0.3 is 12.0 Å². The molecule has 0 aliphatic heterocycles. The third-order valence-corrected chi connectivity index (χ3v) is 2.48. The molecule has 1 heterocycles. The maximum absolute atomic E-state index is 11.7. The topological polar surface area (TPSA) is 96.2 Å². The van der Waals surface area contributed by atoms with Crippen LogP contribution < -0.4 is 10.6 Å². The second kappa shape index (κ2) is 6.58. The SMILES string of the molecule is C=CCC(C)NC(=O)NC(C(=O)O)c1cnn(C)c1. The van der Waals surface area contributed by atoms with E-state index in [4.69, 9.17) is 5.11 Å². The Hall–Kier alpha value is -2.31. The molecule has 0 bridgehead atoms. The first kappa shape index (κ1) is 14.7. The van der Waals surface area contributed by atoms with Crippen molar-refractivity contribution in [1.82, 2.24) is 20.4 Å². The predicted octanol–water partition coefficient (Wildman–Crippen LogP) is 0.810. The molecule has 0 aromatic carbocycles. The van der Waals surface area contributed by atoms with E-state index in [1.54, 1.807) is 26.2 Å². The number of nitrogens with zero attached hydrogens (tertiary/aromatic N) is 2. The van der Waals surface area contributed by atoms with E-state index in [1.165, 1.54) is 10.9 Å². The van der Waals surface area contributed by atoms with Gasteiger partial charge in [-0.2, -0.15) is 5.10 Å². The van der Waals surface area contributed by atoms with Crippen molar-refractivity contribution in [1.29, 1.82) is 0 Å². The first-order valence-corrected chi connectivity index (χ1v) is 5.83. The second-order valence-electron chi connectivity index (χ2n) is 4.26. The highest BCUT2D eigenvalue weighted by molar-refractivity contribution is 5.83. The van der Waals surface area contributed by atoms with Crippen LogP contribution in [-0.4, -0.2) is 32.9 Å². The molecule has 0 saturated heterocycles. The van der Waals surface area contributed by atoms with Crippen LogP contribution in [0.5, 0.6) is 0 Å². The van der Waals surface area contributed by atoms with Gasteiger partial charge in [0.15, 0.2) is 6.04 Å². The van der Waals surface area contributed by atoms with E-state index in [1.807, 2.05) is 0 Å². The molecule has 7 heteroatoms. The molecule has 7 nitrogen and oxygen atoms in total. The third-order valence-electron chi connectivity index (χ3n) is 2.48. The lowest BCUT2D eigenvalue weighted by atomic mass is 10.1. The molecule has 0 fully saturated rings. The maximum atomic E-state index is 11.7. The number of carbonyl (C=O) groups excluding carboxylic acids is 1. The zero-order valence-corrected chi connectivity index (χ0v) is 11.0. The van der Waals surface area contributed by atoms with Crippen LogP contribution in [0.3, 0.4) is 0 Å².